The first kappa shape index (κ1) is 21.6. The van der Waals surface area contributed by atoms with Crippen LogP contribution in [0.1, 0.15) is 43.2 Å². The Labute approximate surface area is 188 Å². The summed E-state index contributed by atoms with van der Waals surface area (Å²) in [6.07, 6.45) is 7.59. The third kappa shape index (κ3) is 4.20. The van der Waals surface area contributed by atoms with Crippen LogP contribution in [0.5, 0.6) is 0 Å². The van der Waals surface area contributed by atoms with E-state index >= 15 is 0 Å². The molecule has 1 aliphatic carbocycles. The van der Waals surface area contributed by atoms with Crippen LogP contribution in [0.4, 0.5) is 4.39 Å². The van der Waals surface area contributed by atoms with E-state index in [4.69, 9.17) is 4.74 Å². The number of hydrogen-bond donors (Lipinski definition) is 0. The van der Waals surface area contributed by atoms with Crippen molar-refractivity contribution in [3.05, 3.63) is 34.8 Å². The van der Waals surface area contributed by atoms with Gasteiger partial charge in [0.05, 0.1) is 34.3 Å². The molecule has 32 heavy (non-hydrogen) atoms. The van der Waals surface area contributed by atoms with E-state index in [9.17, 15) is 17.6 Å². The number of hydrogen-bond acceptors (Lipinski definition) is 8. The fourth-order valence-corrected chi connectivity index (χ4v) is 6.73. The third-order valence-electron chi connectivity index (χ3n) is 6.14. The van der Waals surface area contributed by atoms with Gasteiger partial charge in [-0.05, 0) is 44.1 Å². The van der Waals surface area contributed by atoms with E-state index in [1.807, 2.05) is 0 Å². The quantitative estimate of drug-likeness (QED) is 0.490. The van der Waals surface area contributed by atoms with Crippen LogP contribution >= 0.6 is 11.3 Å². The van der Waals surface area contributed by atoms with Crippen LogP contribution < -0.4 is 0 Å². The number of rotatable bonds is 8. The number of pyridine rings is 1. The molecule has 11 heteroatoms. The summed E-state index contributed by atoms with van der Waals surface area (Å²) in [6, 6.07) is 0.865. The molecule has 0 unspecified atom stereocenters. The molecule has 170 valence electrons. The highest BCUT2D eigenvalue weighted by molar-refractivity contribution is 7.92. The molecule has 5 rings (SSSR count). The van der Waals surface area contributed by atoms with Crippen LogP contribution in [0.15, 0.2) is 29.6 Å². The Bertz CT molecular complexity index is 1250. The average Bonchev–Trinajstić information content (AvgIpc) is 3.46. The fourth-order valence-electron chi connectivity index (χ4n) is 4.26. The van der Waals surface area contributed by atoms with Gasteiger partial charge in [-0.25, -0.2) is 23.1 Å². The standard InChI is InChI=1S/C21H23FN4O4S2/c22-19-12-24-20(31-19)10-17(27)16(9-13-4-7-30-8-5-13)26-21-15(11-25-26)18(3-6-23-21)32(28,29)14-1-2-14/h3,6,11-14,16H,1-2,4-5,7-10H2/t16-/m1/s1. The summed E-state index contributed by atoms with van der Waals surface area (Å²) in [5.74, 6) is 0.122. The van der Waals surface area contributed by atoms with Crippen LogP contribution in [0.25, 0.3) is 11.0 Å². The van der Waals surface area contributed by atoms with Gasteiger partial charge in [-0.15, -0.1) is 0 Å². The number of aromatic nitrogens is 4. The highest BCUT2D eigenvalue weighted by Gasteiger charge is 2.38. The van der Waals surface area contributed by atoms with Crippen LogP contribution in [-0.2, 0) is 25.8 Å². The summed E-state index contributed by atoms with van der Waals surface area (Å²) in [6.45, 7) is 1.29. The van der Waals surface area contributed by atoms with Gasteiger partial charge in [0.1, 0.15) is 11.0 Å². The molecule has 1 saturated carbocycles. The highest BCUT2D eigenvalue weighted by atomic mass is 32.2. The molecular weight excluding hydrogens is 455 g/mol. The number of fused-ring (bicyclic) bond motifs is 1. The third-order valence-corrected chi connectivity index (χ3v) is 9.25. The first-order chi connectivity index (χ1) is 15.4. The molecule has 0 amide bonds. The molecule has 2 fully saturated rings. The minimum absolute atomic E-state index is 0.0100. The van der Waals surface area contributed by atoms with E-state index in [-0.39, 0.29) is 28.3 Å². The second-order valence-corrected chi connectivity index (χ2v) is 11.7. The maximum Gasteiger partial charge on any atom is 0.196 e. The lowest BCUT2D eigenvalue weighted by Crippen LogP contribution is -2.27. The van der Waals surface area contributed by atoms with Gasteiger partial charge in [0.25, 0.3) is 0 Å². The van der Waals surface area contributed by atoms with Gasteiger partial charge < -0.3 is 4.74 Å². The van der Waals surface area contributed by atoms with Gasteiger partial charge >= 0.3 is 0 Å². The molecule has 4 heterocycles. The number of ether oxygens (including phenoxy) is 1. The average molecular weight is 479 g/mol. The zero-order valence-corrected chi connectivity index (χ0v) is 18.9. The fraction of sp³-hybridized carbons (Fsp3) is 0.524. The molecule has 0 aromatic carbocycles. The Morgan fingerprint density at radius 2 is 2.00 bits per heavy atom. The minimum atomic E-state index is -3.44. The number of nitrogens with zero attached hydrogens (tertiary/aromatic N) is 4. The van der Waals surface area contributed by atoms with Crippen molar-refractivity contribution >= 4 is 38.0 Å². The molecule has 1 atom stereocenters. The summed E-state index contributed by atoms with van der Waals surface area (Å²) in [5.41, 5.74) is 0.377. The SMILES string of the molecule is O=C(Cc1ncc(F)s1)[C@@H](CC1CCOCC1)n1ncc2c(S(=O)(=O)C3CC3)ccnc21. The molecule has 0 radical (unpaired) electrons. The van der Waals surface area contributed by atoms with Crippen molar-refractivity contribution in [1.82, 2.24) is 19.7 Å². The molecule has 3 aromatic heterocycles. The number of carbonyl (C=O) groups is 1. The van der Waals surface area contributed by atoms with Crippen molar-refractivity contribution in [1.29, 1.82) is 0 Å². The molecular formula is C21H23FN4O4S2. The van der Waals surface area contributed by atoms with Crippen molar-refractivity contribution in [2.75, 3.05) is 13.2 Å². The van der Waals surface area contributed by atoms with Crippen LogP contribution in [0, 0.1) is 11.0 Å². The maximum atomic E-state index is 13.4. The highest BCUT2D eigenvalue weighted by Crippen LogP contribution is 2.37. The van der Waals surface area contributed by atoms with E-state index < -0.39 is 21.0 Å². The second kappa shape index (κ2) is 8.60. The van der Waals surface area contributed by atoms with E-state index in [1.165, 1.54) is 18.5 Å². The molecule has 0 bridgehead atoms. The normalized spacial score (nSPS) is 18.8. The van der Waals surface area contributed by atoms with Crippen LogP contribution in [0.3, 0.4) is 0 Å². The van der Waals surface area contributed by atoms with E-state index in [0.717, 1.165) is 30.4 Å². The number of halogens is 1. The smallest absolute Gasteiger partial charge is 0.196 e. The predicted molar refractivity (Wildman–Crippen MR) is 116 cm³/mol. The number of thiazole rings is 1. The maximum absolute atomic E-state index is 13.4. The molecule has 1 aliphatic heterocycles. The number of ketones is 1. The van der Waals surface area contributed by atoms with Gasteiger partial charge in [-0.3, -0.25) is 4.79 Å². The van der Waals surface area contributed by atoms with Crippen molar-refractivity contribution in [2.45, 2.75) is 54.7 Å². The molecule has 0 N–H and O–H groups in total. The summed E-state index contributed by atoms with van der Waals surface area (Å²) < 4.78 is 46.2. The second-order valence-electron chi connectivity index (χ2n) is 8.39. The summed E-state index contributed by atoms with van der Waals surface area (Å²) in [4.78, 5) is 21.9. The Balaban J connectivity index is 1.52. The van der Waals surface area contributed by atoms with E-state index in [1.54, 1.807) is 4.68 Å². The first-order valence-electron chi connectivity index (χ1n) is 10.7. The van der Waals surface area contributed by atoms with Gasteiger partial charge in [0, 0.05) is 19.4 Å². The first-order valence-corrected chi connectivity index (χ1v) is 13.1. The minimum Gasteiger partial charge on any atom is -0.381 e. The number of sulfone groups is 1. The van der Waals surface area contributed by atoms with E-state index in [2.05, 4.69) is 15.1 Å². The van der Waals surface area contributed by atoms with Gasteiger partial charge in [-0.2, -0.15) is 9.49 Å². The Morgan fingerprint density at radius 3 is 2.69 bits per heavy atom. The molecule has 8 nitrogen and oxygen atoms in total. The monoisotopic (exact) mass is 478 g/mol. The van der Waals surface area contributed by atoms with Crippen molar-refractivity contribution in [3.63, 3.8) is 0 Å². The van der Waals surface area contributed by atoms with Gasteiger partial charge in [-0.1, -0.05) is 11.3 Å². The Hall–Kier alpha value is -2.24. The number of Topliss-reactive ketones (excluding diaryl/α,β-unsaturated/α-hetero) is 1. The van der Waals surface area contributed by atoms with Crippen molar-refractivity contribution < 1.29 is 22.3 Å². The summed E-state index contributed by atoms with van der Waals surface area (Å²) in [7, 11) is -3.44. The predicted octanol–water partition coefficient (Wildman–Crippen LogP) is 3.13. The molecule has 1 saturated heterocycles. The Kier molecular flexibility index (Phi) is 5.81. The molecule has 0 spiro atoms. The molecule has 2 aliphatic rings. The zero-order chi connectivity index (χ0) is 22.3. The number of carbonyl (C=O) groups excluding carboxylic acids is 1. The van der Waals surface area contributed by atoms with Gasteiger partial charge in [0.2, 0.25) is 0 Å². The lowest BCUT2D eigenvalue weighted by atomic mass is 9.90. The van der Waals surface area contributed by atoms with Crippen LogP contribution in [0.2, 0.25) is 0 Å². The summed E-state index contributed by atoms with van der Waals surface area (Å²) in [5, 5.41) is 4.49. The largest absolute Gasteiger partial charge is 0.381 e. The topological polar surface area (TPSA) is 104 Å². The summed E-state index contributed by atoms with van der Waals surface area (Å²) >= 11 is 0.853. The lowest BCUT2D eigenvalue weighted by molar-refractivity contribution is -0.122. The zero-order valence-electron chi connectivity index (χ0n) is 17.3. The van der Waals surface area contributed by atoms with Gasteiger partial charge in [0.15, 0.2) is 26.4 Å². The lowest BCUT2D eigenvalue weighted by Gasteiger charge is -2.26. The van der Waals surface area contributed by atoms with E-state index in [0.29, 0.717) is 48.5 Å². The van der Waals surface area contributed by atoms with Crippen molar-refractivity contribution in [2.24, 2.45) is 5.92 Å². The Morgan fingerprint density at radius 1 is 1.22 bits per heavy atom. The van der Waals surface area contributed by atoms with Crippen molar-refractivity contribution in [3.8, 4) is 0 Å². The molecule has 3 aromatic rings. The van der Waals surface area contributed by atoms with Crippen LogP contribution in [-0.4, -0.2) is 52.4 Å².